The van der Waals surface area contributed by atoms with Gasteiger partial charge in [-0.1, -0.05) is 23.2 Å². The number of halogens is 2. The summed E-state index contributed by atoms with van der Waals surface area (Å²) in [6, 6.07) is 2.48. The summed E-state index contributed by atoms with van der Waals surface area (Å²) in [7, 11) is 1.79. The van der Waals surface area contributed by atoms with Crippen LogP contribution in [0.3, 0.4) is 0 Å². The molecule has 0 bridgehead atoms. The molecule has 1 atom stereocenters. The molecule has 3 aromatic heterocycles. The molecule has 0 spiro atoms. The van der Waals surface area contributed by atoms with Gasteiger partial charge in [-0.15, -0.1) is 0 Å². The number of hydrazone groups is 1. The zero-order valence-corrected chi connectivity index (χ0v) is 17.5. The maximum atomic E-state index is 12.5. The Balaban J connectivity index is 1.79. The first-order valence-electron chi connectivity index (χ1n) is 8.66. The molecule has 30 heavy (non-hydrogen) atoms. The van der Waals surface area contributed by atoms with E-state index in [9.17, 15) is 4.79 Å². The minimum Gasteiger partial charge on any atom is -0.312 e. The Labute approximate surface area is 181 Å². The number of nitrogens with zero attached hydrogens (tertiary/aromatic N) is 5. The van der Waals surface area contributed by atoms with Gasteiger partial charge < -0.3 is 21.4 Å². The first kappa shape index (κ1) is 21.4. The van der Waals surface area contributed by atoms with E-state index >= 15 is 0 Å². The van der Waals surface area contributed by atoms with Crippen LogP contribution in [0.1, 0.15) is 18.7 Å². The molecule has 3 aromatic rings. The maximum absolute atomic E-state index is 12.5. The Morgan fingerprint density at radius 2 is 2.07 bits per heavy atom. The van der Waals surface area contributed by atoms with Gasteiger partial charge in [0.1, 0.15) is 0 Å². The number of carbonyl (C=O) groups is 1. The number of aromatic nitrogens is 4. The van der Waals surface area contributed by atoms with Crippen LogP contribution in [0.5, 0.6) is 0 Å². The summed E-state index contributed by atoms with van der Waals surface area (Å²) in [4.78, 5) is 20.9. The summed E-state index contributed by atoms with van der Waals surface area (Å²) in [6.45, 7) is 1.92. The lowest BCUT2D eigenvalue weighted by Crippen LogP contribution is -2.24. The van der Waals surface area contributed by atoms with Gasteiger partial charge in [-0.25, -0.2) is 19.3 Å². The fourth-order valence-corrected chi connectivity index (χ4v) is 2.96. The predicted octanol–water partition coefficient (Wildman–Crippen LogP) is 3.40. The number of carbonyl (C=O) groups excluding carboxylic acids is 1. The summed E-state index contributed by atoms with van der Waals surface area (Å²) in [5.74, 6) is 0.288. The Morgan fingerprint density at radius 3 is 2.77 bits per heavy atom. The summed E-state index contributed by atoms with van der Waals surface area (Å²) in [6.07, 6.45) is 5.20. The highest BCUT2D eigenvalue weighted by atomic mass is 35.5. The molecule has 3 rings (SSSR count). The summed E-state index contributed by atoms with van der Waals surface area (Å²) in [5.41, 5.74) is 4.67. The molecule has 3 heterocycles. The molecule has 0 fully saturated rings. The lowest BCUT2D eigenvalue weighted by molar-refractivity contribution is 0.262. The molecular weight excluding hydrogens is 431 g/mol. The van der Waals surface area contributed by atoms with E-state index in [4.69, 9.17) is 28.6 Å². The third-order valence-electron chi connectivity index (χ3n) is 4.00. The van der Waals surface area contributed by atoms with Crippen LogP contribution >= 0.6 is 23.2 Å². The van der Waals surface area contributed by atoms with Gasteiger partial charge in [0.2, 0.25) is 0 Å². The van der Waals surface area contributed by atoms with E-state index in [2.05, 4.69) is 41.5 Å². The highest BCUT2D eigenvalue weighted by Gasteiger charge is 2.18. The molecule has 0 unspecified atom stereocenters. The number of rotatable bonds is 7. The van der Waals surface area contributed by atoms with E-state index in [-0.39, 0.29) is 16.9 Å². The first-order chi connectivity index (χ1) is 14.4. The van der Waals surface area contributed by atoms with E-state index in [0.29, 0.717) is 27.9 Å². The molecule has 13 heteroatoms. The van der Waals surface area contributed by atoms with Crippen molar-refractivity contribution in [2.75, 3.05) is 23.1 Å². The molecule has 0 aliphatic rings. The number of urea groups is 1. The van der Waals surface area contributed by atoms with Crippen molar-refractivity contribution < 1.29 is 4.79 Å². The number of hydrogen-bond donors (Lipinski definition) is 5. The molecular formula is C17H18Cl2N10O. The molecule has 11 nitrogen and oxygen atoms in total. The van der Waals surface area contributed by atoms with Crippen molar-refractivity contribution >= 4 is 64.5 Å². The quantitative estimate of drug-likeness (QED) is 0.276. The minimum absolute atomic E-state index is 0.148. The van der Waals surface area contributed by atoms with Crippen LogP contribution < -0.4 is 21.4 Å². The molecule has 0 aromatic carbocycles. The maximum Gasteiger partial charge on any atom is 0.323 e. The summed E-state index contributed by atoms with van der Waals surface area (Å²) >= 11 is 12.1. The molecule has 5 N–H and O–H groups in total. The average Bonchev–Trinajstić information content (AvgIpc) is 3.09. The standard InChI is InChI=1S/C17H18Cl2N10O/c1-9(21-2)15-12(8-22-14-6-13(19)28-29(14)15)26-17(30)25-10-5-11(18)16(23-7-10)27-24-4-3-20/h3-9,20-21H,1-2H3,(H,23,27)(H2,25,26,30)/b20-3?,24-4-/t9-/m0/s1. The van der Waals surface area contributed by atoms with Crippen molar-refractivity contribution in [3.8, 4) is 0 Å². The minimum atomic E-state index is -0.514. The molecule has 2 amide bonds. The highest BCUT2D eigenvalue weighted by molar-refractivity contribution is 6.33. The second kappa shape index (κ2) is 9.48. The number of fused-ring (bicyclic) bond motifs is 1. The van der Waals surface area contributed by atoms with Gasteiger partial charge in [0, 0.05) is 18.3 Å². The molecule has 0 aliphatic carbocycles. The third-order valence-corrected chi connectivity index (χ3v) is 4.47. The topological polar surface area (TPSA) is 144 Å². The van der Waals surface area contributed by atoms with Gasteiger partial charge in [-0.05, 0) is 20.0 Å². The number of amides is 2. The number of pyridine rings is 1. The Bertz CT molecular complexity index is 1110. The third kappa shape index (κ3) is 4.82. The monoisotopic (exact) mass is 448 g/mol. The molecule has 0 aliphatic heterocycles. The van der Waals surface area contributed by atoms with Gasteiger partial charge in [-0.3, -0.25) is 5.43 Å². The first-order valence-corrected chi connectivity index (χ1v) is 9.41. The van der Waals surface area contributed by atoms with Gasteiger partial charge in [0.15, 0.2) is 16.6 Å². The van der Waals surface area contributed by atoms with Gasteiger partial charge in [-0.2, -0.15) is 10.2 Å². The fourth-order valence-electron chi connectivity index (χ4n) is 2.58. The van der Waals surface area contributed by atoms with E-state index in [1.807, 2.05) is 6.92 Å². The lowest BCUT2D eigenvalue weighted by Gasteiger charge is -2.17. The normalized spacial score (nSPS) is 12.1. The van der Waals surface area contributed by atoms with Crippen LogP contribution in [-0.4, -0.2) is 45.1 Å². The van der Waals surface area contributed by atoms with Crippen molar-refractivity contribution in [1.82, 2.24) is 24.9 Å². The lowest BCUT2D eigenvalue weighted by atomic mass is 10.2. The van der Waals surface area contributed by atoms with Crippen molar-refractivity contribution in [3.05, 3.63) is 40.4 Å². The van der Waals surface area contributed by atoms with Crippen molar-refractivity contribution in [2.24, 2.45) is 5.10 Å². The Kier molecular flexibility index (Phi) is 6.77. The van der Waals surface area contributed by atoms with Crippen LogP contribution in [0.4, 0.5) is 22.0 Å². The number of anilines is 3. The SMILES string of the molecule is CN[C@@H](C)c1c(NC(=O)Nc2cnc(N/N=C\C=N)c(Cl)c2)cnc2cc(Cl)nn12. The van der Waals surface area contributed by atoms with Crippen LogP contribution in [-0.2, 0) is 0 Å². The number of hydrogen-bond acceptors (Lipinski definition) is 8. The average molecular weight is 449 g/mol. The molecule has 0 radical (unpaired) electrons. The molecule has 0 saturated heterocycles. The zero-order chi connectivity index (χ0) is 21.7. The van der Waals surface area contributed by atoms with E-state index < -0.39 is 6.03 Å². The summed E-state index contributed by atoms with van der Waals surface area (Å²) < 4.78 is 1.58. The van der Waals surface area contributed by atoms with E-state index in [0.717, 1.165) is 6.21 Å². The Morgan fingerprint density at radius 1 is 1.27 bits per heavy atom. The fraction of sp³-hybridized carbons (Fsp3) is 0.176. The predicted molar refractivity (Wildman–Crippen MR) is 118 cm³/mol. The molecule has 0 saturated carbocycles. The van der Waals surface area contributed by atoms with E-state index in [1.165, 1.54) is 24.7 Å². The Hall–Kier alpha value is -3.28. The highest BCUT2D eigenvalue weighted by Crippen LogP contribution is 2.25. The summed E-state index contributed by atoms with van der Waals surface area (Å²) in [5, 5.41) is 23.9. The van der Waals surface area contributed by atoms with Gasteiger partial charge in [0.05, 0.1) is 40.7 Å². The van der Waals surface area contributed by atoms with Crippen LogP contribution in [0.25, 0.3) is 5.65 Å². The van der Waals surface area contributed by atoms with Gasteiger partial charge >= 0.3 is 6.03 Å². The van der Waals surface area contributed by atoms with Crippen molar-refractivity contribution in [3.63, 3.8) is 0 Å². The second-order valence-corrected chi connectivity index (χ2v) is 6.79. The number of nitrogens with one attached hydrogen (secondary N) is 5. The van der Waals surface area contributed by atoms with Crippen molar-refractivity contribution in [1.29, 1.82) is 5.41 Å². The second-order valence-electron chi connectivity index (χ2n) is 5.99. The van der Waals surface area contributed by atoms with Crippen LogP contribution in [0.15, 0.2) is 29.6 Å². The van der Waals surface area contributed by atoms with Crippen LogP contribution in [0, 0.1) is 5.41 Å². The van der Waals surface area contributed by atoms with Crippen molar-refractivity contribution in [2.45, 2.75) is 13.0 Å². The largest absolute Gasteiger partial charge is 0.323 e. The van der Waals surface area contributed by atoms with Crippen LogP contribution in [0.2, 0.25) is 10.2 Å². The zero-order valence-electron chi connectivity index (χ0n) is 15.9. The van der Waals surface area contributed by atoms with E-state index in [1.54, 1.807) is 17.6 Å². The van der Waals surface area contributed by atoms with Gasteiger partial charge in [0.25, 0.3) is 0 Å². The smallest absolute Gasteiger partial charge is 0.312 e. The molecule has 156 valence electrons.